The van der Waals surface area contributed by atoms with E-state index in [1.165, 1.54) is 12.2 Å². The van der Waals surface area contributed by atoms with Crippen molar-refractivity contribution in [3.63, 3.8) is 0 Å². The molecule has 1 aliphatic rings. The second kappa shape index (κ2) is 4.51. The summed E-state index contributed by atoms with van der Waals surface area (Å²) < 4.78 is 0. The highest BCUT2D eigenvalue weighted by atomic mass is 16.4. The van der Waals surface area contributed by atoms with E-state index in [-0.39, 0.29) is 5.57 Å². The Bertz CT molecular complexity index is 367. The van der Waals surface area contributed by atoms with Crippen molar-refractivity contribution in [2.24, 2.45) is 11.3 Å². The summed E-state index contributed by atoms with van der Waals surface area (Å²) >= 11 is 0. The molecule has 0 heterocycles. The van der Waals surface area contributed by atoms with Crippen LogP contribution in [0.4, 0.5) is 0 Å². The summed E-state index contributed by atoms with van der Waals surface area (Å²) in [6, 6.07) is 0. The van der Waals surface area contributed by atoms with Gasteiger partial charge >= 0.3 is 11.9 Å². The number of carboxylic acids is 2. The number of carboxylic acid groups (broad SMARTS) is 2. The second-order valence-electron chi connectivity index (χ2n) is 4.10. The third-order valence-electron chi connectivity index (χ3n) is 3.22. The molecule has 0 saturated carbocycles. The maximum absolute atomic E-state index is 11.4. The minimum atomic E-state index is -1.07. The van der Waals surface area contributed by atoms with Crippen LogP contribution in [-0.2, 0) is 9.59 Å². The molecule has 0 bridgehead atoms. The van der Waals surface area contributed by atoms with Crippen LogP contribution >= 0.6 is 0 Å². The van der Waals surface area contributed by atoms with Gasteiger partial charge in [-0.3, -0.25) is 4.79 Å². The van der Waals surface area contributed by atoms with E-state index in [4.69, 9.17) is 5.11 Å². The summed E-state index contributed by atoms with van der Waals surface area (Å²) in [6.07, 6.45) is 5.77. The van der Waals surface area contributed by atoms with Crippen molar-refractivity contribution < 1.29 is 19.8 Å². The van der Waals surface area contributed by atoms with Crippen molar-refractivity contribution in [3.05, 3.63) is 23.8 Å². The Balaban J connectivity index is 3.15. The van der Waals surface area contributed by atoms with E-state index >= 15 is 0 Å². The summed E-state index contributed by atoms with van der Waals surface area (Å²) in [5.41, 5.74) is -0.907. The summed E-state index contributed by atoms with van der Waals surface area (Å²) in [5.74, 6) is -2.50. The molecular weight excluding hydrogens is 208 g/mol. The van der Waals surface area contributed by atoms with Crippen LogP contribution in [-0.4, -0.2) is 22.2 Å². The molecule has 2 unspecified atom stereocenters. The van der Waals surface area contributed by atoms with E-state index in [1.54, 1.807) is 13.0 Å². The highest BCUT2D eigenvalue weighted by Gasteiger charge is 2.44. The summed E-state index contributed by atoms with van der Waals surface area (Å²) in [4.78, 5) is 22.4. The second-order valence-corrected chi connectivity index (χ2v) is 4.10. The summed E-state index contributed by atoms with van der Waals surface area (Å²) in [7, 11) is 0. The first-order valence-corrected chi connectivity index (χ1v) is 5.31. The van der Waals surface area contributed by atoms with Crippen molar-refractivity contribution in [2.45, 2.75) is 26.7 Å². The largest absolute Gasteiger partial charge is 0.481 e. The van der Waals surface area contributed by atoms with E-state index < -0.39 is 23.3 Å². The molecule has 0 aromatic heterocycles. The van der Waals surface area contributed by atoms with Gasteiger partial charge in [-0.05, 0) is 6.42 Å². The van der Waals surface area contributed by atoms with E-state index in [0.717, 1.165) is 0 Å². The Labute approximate surface area is 94.3 Å². The van der Waals surface area contributed by atoms with Gasteiger partial charge in [-0.1, -0.05) is 38.5 Å². The molecule has 4 heteroatoms. The summed E-state index contributed by atoms with van der Waals surface area (Å²) in [6.45, 7) is 3.55. The Morgan fingerprint density at radius 1 is 1.44 bits per heavy atom. The maximum atomic E-state index is 11.4. The predicted molar refractivity (Wildman–Crippen MR) is 59.0 cm³/mol. The zero-order valence-electron chi connectivity index (χ0n) is 9.43. The van der Waals surface area contributed by atoms with Crippen molar-refractivity contribution in [1.82, 2.24) is 0 Å². The van der Waals surface area contributed by atoms with Crippen molar-refractivity contribution in [2.75, 3.05) is 0 Å². The van der Waals surface area contributed by atoms with Crippen molar-refractivity contribution >= 4 is 11.9 Å². The quantitative estimate of drug-likeness (QED) is 0.766. The number of carbonyl (C=O) groups is 2. The molecule has 0 aliphatic heterocycles. The Morgan fingerprint density at radius 3 is 2.50 bits per heavy atom. The minimum Gasteiger partial charge on any atom is -0.481 e. The fraction of sp³-hybridized carbons (Fsp3) is 0.500. The molecule has 0 fully saturated rings. The molecule has 4 nitrogen and oxygen atoms in total. The van der Waals surface area contributed by atoms with Gasteiger partial charge in [0.15, 0.2) is 0 Å². The molecule has 88 valence electrons. The molecule has 1 aliphatic carbocycles. The number of hydrogen-bond donors (Lipinski definition) is 2. The molecular formula is C12H16O4. The van der Waals surface area contributed by atoms with Crippen molar-refractivity contribution in [1.29, 1.82) is 0 Å². The van der Waals surface area contributed by atoms with Gasteiger partial charge in [0, 0.05) is 11.5 Å². The first kappa shape index (κ1) is 12.5. The van der Waals surface area contributed by atoms with Crippen LogP contribution in [0.15, 0.2) is 23.8 Å². The van der Waals surface area contributed by atoms with Gasteiger partial charge in [-0.15, -0.1) is 0 Å². The molecule has 0 amide bonds. The molecule has 0 saturated heterocycles. The lowest BCUT2D eigenvalue weighted by atomic mass is 9.67. The highest BCUT2D eigenvalue weighted by Crippen LogP contribution is 2.41. The third-order valence-corrected chi connectivity index (χ3v) is 3.22. The van der Waals surface area contributed by atoms with Gasteiger partial charge in [-0.25, -0.2) is 4.79 Å². The van der Waals surface area contributed by atoms with Crippen LogP contribution in [0.2, 0.25) is 0 Å². The molecule has 16 heavy (non-hydrogen) atoms. The molecule has 0 aromatic carbocycles. The average Bonchev–Trinajstić information content (AvgIpc) is 2.20. The molecule has 2 atom stereocenters. The standard InChI is InChI=1S/C12H16O4/c1-3-6-12(11(15)16)7-4-5-9(8(12)2)10(13)14/h4-5,7-8H,3,6H2,1-2H3,(H,13,14)(H,15,16). The van der Waals surface area contributed by atoms with E-state index in [2.05, 4.69) is 0 Å². The first-order chi connectivity index (χ1) is 7.45. The zero-order valence-corrected chi connectivity index (χ0v) is 9.43. The zero-order chi connectivity index (χ0) is 12.3. The van der Waals surface area contributed by atoms with E-state index in [0.29, 0.717) is 12.8 Å². The monoisotopic (exact) mass is 224 g/mol. The molecule has 0 aromatic rings. The minimum absolute atomic E-state index is 0.165. The van der Waals surface area contributed by atoms with Gasteiger partial charge in [0.05, 0.1) is 5.41 Å². The Morgan fingerprint density at radius 2 is 2.06 bits per heavy atom. The first-order valence-electron chi connectivity index (χ1n) is 5.31. The number of aliphatic carboxylic acids is 2. The lowest BCUT2D eigenvalue weighted by Crippen LogP contribution is -2.39. The smallest absolute Gasteiger partial charge is 0.331 e. The lowest BCUT2D eigenvalue weighted by molar-refractivity contribution is -0.149. The van der Waals surface area contributed by atoms with Gasteiger partial charge < -0.3 is 10.2 Å². The third kappa shape index (κ3) is 1.87. The average molecular weight is 224 g/mol. The fourth-order valence-electron chi connectivity index (χ4n) is 2.22. The van der Waals surface area contributed by atoms with Crippen LogP contribution in [0, 0.1) is 11.3 Å². The van der Waals surface area contributed by atoms with Crippen LogP contribution in [0.25, 0.3) is 0 Å². The normalized spacial score (nSPS) is 28.6. The van der Waals surface area contributed by atoms with Gasteiger partial charge in [0.1, 0.15) is 0 Å². The Kier molecular flexibility index (Phi) is 3.52. The number of allylic oxidation sites excluding steroid dienone is 2. The Hall–Kier alpha value is -1.58. The molecule has 0 radical (unpaired) electrons. The van der Waals surface area contributed by atoms with E-state index in [1.807, 2.05) is 6.92 Å². The topological polar surface area (TPSA) is 74.6 Å². The highest BCUT2D eigenvalue weighted by molar-refractivity contribution is 5.91. The fourth-order valence-corrected chi connectivity index (χ4v) is 2.22. The number of hydrogen-bond acceptors (Lipinski definition) is 2. The maximum Gasteiger partial charge on any atom is 0.331 e. The SMILES string of the molecule is CCCC1(C(=O)O)C=CC=C(C(=O)O)C1C. The van der Waals surface area contributed by atoms with Gasteiger partial charge in [0.25, 0.3) is 0 Å². The van der Waals surface area contributed by atoms with Gasteiger partial charge in [-0.2, -0.15) is 0 Å². The predicted octanol–water partition coefficient (Wildman–Crippen LogP) is 2.07. The molecule has 1 rings (SSSR count). The number of rotatable bonds is 4. The van der Waals surface area contributed by atoms with Crippen LogP contribution in [0.1, 0.15) is 26.7 Å². The summed E-state index contributed by atoms with van der Waals surface area (Å²) in [5, 5.41) is 18.3. The van der Waals surface area contributed by atoms with Crippen LogP contribution in [0.3, 0.4) is 0 Å². The van der Waals surface area contributed by atoms with E-state index in [9.17, 15) is 14.7 Å². The molecule has 2 N–H and O–H groups in total. The lowest BCUT2D eigenvalue weighted by Gasteiger charge is -2.34. The molecule has 0 spiro atoms. The van der Waals surface area contributed by atoms with Crippen molar-refractivity contribution in [3.8, 4) is 0 Å². The van der Waals surface area contributed by atoms with Crippen LogP contribution in [0.5, 0.6) is 0 Å². The van der Waals surface area contributed by atoms with Crippen LogP contribution < -0.4 is 0 Å². The van der Waals surface area contributed by atoms with Gasteiger partial charge in [0.2, 0.25) is 0 Å².